The van der Waals surface area contributed by atoms with Crippen LogP contribution in [0.15, 0.2) is 30.5 Å². The van der Waals surface area contributed by atoms with Crippen LogP contribution in [0.1, 0.15) is 42.5 Å². The maximum absolute atomic E-state index is 6.08. The Kier molecular flexibility index (Phi) is 5.83. The molecule has 2 fully saturated rings. The number of likely N-dealkylation sites (tertiary alicyclic amines) is 1. The third-order valence-corrected chi connectivity index (χ3v) is 6.39. The summed E-state index contributed by atoms with van der Waals surface area (Å²) >= 11 is 6.08. The van der Waals surface area contributed by atoms with Gasteiger partial charge in [-0.3, -0.25) is 20.4 Å². The minimum atomic E-state index is 0.466. The Morgan fingerprint density at radius 3 is 2.81 bits per heavy atom. The number of nitrogens with zero attached hydrogens (tertiary/aromatic N) is 3. The molecule has 0 spiro atoms. The minimum Gasteiger partial charge on any atom is -0.299 e. The van der Waals surface area contributed by atoms with Crippen LogP contribution in [-0.2, 0) is 13.1 Å². The molecule has 1 aromatic heterocycles. The van der Waals surface area contributed by atoms with E-state index >= 15 is 0 Å². The van der Waals surface area contributed by atoms with E-state index in [2.05, 4.69) is 53.0 Å². The molecule has 146 valence electrons. The Hall–Kier alpha value is -1.40. The molecule has 0 bridgehead atoms. The van der Waals surface area contributed by atoms with Crippen molar-refractivity contribution in [2.75, 3.05) is 19.6 Å². The largest absolute Gasteiger partial charge is 0.299 e. The number of hydrogen-bond donors (Lipinski definition) is 2. The Labute approximate surface area is 167 Å². The second-order valence-electron chi connectivity index (χ2n) is 7.94. The molecule has 3 heterocycles. The highest BCUT2D eigenvalue weighted by atomic mass is 35.5. The van der Waals surface area contributed by atoms with E-state index in [-0.39, 0.29) is 0 Å². The molecular weight excluding hydrogens is 358 g/mol. The molecule has 0 aliphatic carbocycles. The molecule has 1 aromatic carbocycles. The molecule has 2 saturated heterocycles. The number of rotatable bonds is 5. The van der Waals surface area contributed by atoms with Gasteiger partial charge in [-0.15, -0.1) is 0 Å². The highest BCUT2D eigenvalue weighted by Crippen LogP contribution is 2.32. The lowest BCUT2D eigenvalue weighted by molar-refractivity contribution is 0.139. The lowest BCUT2D eigenvalue weighted by atomic mass is 9.81. The van der Waals surface area contributed by atoms with Gasteiger partial charge in [-0.05, 0) is 56.8 Å². The predicted octanol–water partition coefficient (Wildman–Crippen LogP) is 3.34. The summed E-state index contributed by atoms with van der Waals surface area (Å²) < 4.78 is 2.05. The second kappa shape index (κ2) is 8.31. The Balaban J connectivity index is 1.44. The summed E-state index contributed by atoms with van der Waals surface area (Å²) in [5, 5.41) is 5.41. The molecule has 2 aliphatic rings. The molecule has 0 amide bonds. The zero-order valence-corrected chi connectivity index (χ0v) is 17.0. The molecule has 2 N–H and O–H groups in total. The molecule has 6 heteroatoms. The molecular formula is C21H30ClN5. The van der Waals surface area contributed by atoms with Gasteiger partial charge in [0.2, 0.25) is 0 Å². The monoisotopic (exact) mass is 387 g/mol. The number of halogens is 1. The SMILES string of the molecule is CCn1cc(CN2CCCC(C3NNCC3c3ccc(Cl)cc3)C2)c(C)n1. The molecule has 0 radical (unpaired) electrons. The fourth-order valence-electron chi connectivity index (χ4n) is 4.64. The molecule has 2 aliphatic heterocycles. The van der Waals surface area contributed by atoms with Gasteiger partial charge >= 0.3 is 0 Å². The van der Waals surface area contributed by atoms with Gasteiger partial charge in [0, 0.05) is 54.9 Å². The highest BCUT2D eigenvalue weighted by molar-refractivity contribution is 6.30. The van der Waals surface area contributed by atoms with Crippen molar-refractivity contribution in [1.82, 2.24) is 25.5 Å². The van der Waals surface area contributed by atoms with E-state index in [1.54, 1.807) is 0 Å². The maximum atomic E-state index is 6.08. The standard InChI is InChI=1S/C21H30ClN5/c1-3-27-14-18(15(2)25-27)13-26-10-4-5-17(12-26)21-20(11-23-24-21)16-6-8-19(22)9-7-16/h6-9,14,17,20-21,23-24H,3-5,10-13H2,1-2H3. The summed E-state index contributed by atoms with van der Waals surface area (Å²) in [6.45, 7) is 9.51. The van der Waals surface area contributed by atoms with E-state index in [0.29, 0.717) is 17.9 Å². The summed E-state index contributed by atoms with van der Waals surface area (Å²) in [7, 11) is 0. The van der Waals surface area contributed by atoms with Gasteiger partial charge in [-0.2, -0.15) is 5.10 Å². The molecule has 3 unspecified atom stereocenters. The normalized spacial score (nSPS) is 26.6. The molecule has 0 saturated carbocycles. The van der Waals surface area contributed by atoms with Crippen LogP contribution < -0.4 is 10.9 Å². The number of benzene rings is 1. The average Bonchev–Trinajstić information content (AvgIpc) is 3.30. The third kappa shape index (κ3) is 4.21. The van der Waals surface area contributed by atoms with Crippen LogP contribution in [0.5, 0.6) is 0 Å². The van der Waals surface area contributed by atoms with Crippen molar-refractivity contribution in [3.63, 3.8) is 0 Å². The van der Waals surface area contributed by atoms with Gasteiger partial charge in [-0.1, -0.05) is 23.7 Å². The number of hydrazine groups is 1. The van der Waals surface area contributed by atoms with Crippen LogP contribution in [0, 0.1) is 12.8 Å². The Morgan fingerprint density at radius 2 is 2.07 bits per heavy atom. The van der Waals surface area contributed by atoms with Crippen molar-refractivity contribution in [2.45, 2.75) is 51.7 Å². The predicted molar refractivity (Wildman–Crippen MR) is 110 cm³/mol. The van der Waals surface area contributed by atoms with Crippen LogP contribution in [0.25, 0.3) is 0 Å². The first kappa shape index (κ1) is 18.9. The summed E-state index contributed by atoms with van der Waals surface area (Å²) in [4.78, 5) is 2.61. The van der Waals surface area contributed by atoms with Crippen LogP contribution in [0.4, 0.5) is 0 Å². The fraction of sp³-hybridized carbons (Fsp3) is 0.571. The number of aryl methyl sites for hydroxylation is 2. The van der Waals surface area contributed by atoms with Crippen molar-refractivity contribution >= 4 is 11.6 Å². The molecule has 4 rings (SSSR count). The van der Waals surface area contributed by atoms with E-state index in [1.165, 1.54) is 36.2 Å². The van der Waals surface area contributed by atoms with Crippen molar-refractivity contribution in [2.24, 2.45) is 5.92 Å². The van der Waals surface area contributed by atoms with Crippen LogP contribution in [0.2, 0.25) is 5.02 Å². The Bertz CT molecular complexity index is 756. The molecule has 2 aromatic rings. The zero-order chi connectivity index (χ0) is 18.8. The molecule has 3 atom stereocenters. The third-order valence-electron chi connectivity index (χ3n) is 6.14. The minimum absolute atomic E-state index is 0.466. The van der Waals surface area contributed by atoms with Crippen molar-refractivity contribution < 1.29 is 0 Å². The van der Waals surface area contributed by atoms with E-state index in [9.17, 15) is 0 Å². The van der Waals surface area contributed by atoms with E-state index < -0.39 is 0 Å². The van der Waals surface area contributed by atoms with Crippen molar-refractivity contribution in [3.8, 4) is 0 Å². The smallest absolute Gasteiger partial charge is 0.0638 e. The van der Waals surface area contributed by atoms with Gasteiger partial charge in [0.1, 0.15) is 0 Å². The van der Waals surface area contributed by atoms with Crippen molar-refractivity contribution in [3.05, 3.63) is 52.3 Å². The first-order valence-corrected chi connectivity index (χ1v) is 10.5. The van der Waals surface area contributed by atoms with E-state index in [0.717, 1.165) is 31.2 Å². The summed E-state index contributed by atoms with van der Waals surface area (Å²) in [5.41, 5.74) is 10.9. The summed E-state index contributed by atoms with van der Waals surface area (Å²) in [5.74, 6) is 1.15. The second-order valence-corrected chi connectivity index (χ2v) is 8.38. The highest BCUT2D eigenvalue weighted by Gasteiger charge is 2.36. The van der Waals surface area contributed by atoms with Crippen LogP contribution in [-0.4, -0.2) is 40.4 Å². The van der Waals surface area contributed by atoms with Gasteiger partial charge in [0.25, 0.3) is 0 Å². The van der Waals surface area contributed by atoms with Gasteiger partial charge in [-0.25, -0.2) is 0 Å². The fourth-order valence-corrected chi connectivity index (χ4v) is 4.77. The van der Waals surface area contributed by atoms with Gasteiger partial charge in [0.05, 0.1) is 5.69 Å². The summed E-state index contributed by atoms with van der Waals surface area (Å²) in [6, 6.07) is 8.84. The number of nitrogens with one attached hydrogen (secondary N) is 2. The zero-order valence-electron chi connectivity index (χ0n) is 16.3. The van der Waals surface area contributed by atoms with Crippen LogP contribution >= 0.6 is 11.6 Å². The first-order valence-electron chi connectivity index (χ1n) is 10.1. The average molecular weight is 388 g/mol. The molecule has 27 heavy (non-hydrogen) atoms. The van der Waals surface area contributed by atoms with Crippen LogP contribution in [0.3, 0.4) is 0 Å². The van der Waals surface area contributed by atoms with E-state index in [1.807, 2.05) is 16.8 Å². The van der Waals surface area contributed by atoms with Crippen molar-refractivity contribution in [1.29, 1.82) is 0 Å². The number of aromatic nitrogens is 2. The van der Waals surface area contributed by atoms with E-state index in [4.69, 9.17) is 11.6 Å². The quantitative estimate of drug-likeness (QED) is 0.825. The topological polar surface area (TPSA) is 45.1 Å². The summed E-state index contributed by atoms with van der Waals surface area (Å²) in [6.07, 6.45) is 4.76. The lowest BCUT2D eigenvalue weighted by Crippen LogP contribution is -2.46. The lowest BCUT2D eigenvalue weighted by Gasteiger charge is -2.37. The maximum Gasteiger partial charge on any atom is 0.0638 e. The molecule has 5 nitrogen and oxygen atoms in total. The Morgan fingerprint density at radius 1 is 1.26 bits per heavy atom. The number of piperidine rings is 1. The van der Waals surface area contributed by atoms with Gasteiger partial charge in [0.15, 0.2) is 0 Å². The number of hydrogen-bond acceptors (Lipinski definition) is 4. The van der Waals surface area contributed by atoms with Gasteiger partial charge < -0.3 is 0 Å². The first-order chi connectivity index (χ1) is 13.1.